The number of piperidine rings is 1. The second-order valence-electron chi connectivity index (χ2n) is 5.89. The summed E-state index contributed by atoms with van der Waals surface area (Å²) in [6.45, 7) is 1.72. The Balaban J connectivity index is 1.77. The van der Waals surface area contributed by atoms with E-state index in [4.69, 9.17) is 4.74 Å². The molecule has 2 aromatic rings. The van der Waals surface area contributed by atoms with Crippen molar-refractivity contribution in [2.45, 2.75) is 24.9 Å². The molecule has 0 amide bonds. The summed E-state index contributed by atoms with van der Waals surface area (Å²) in [7, 11) is 0. The molecule has 0 aromatic heterocycles. The molecule has 1 aliphatic heterocycles. The number of halogens is 1. The van der Waals surface area contributed by atoms with Gasteiger partial charge in [-0.15, -0.1) is 0 Å². The molecule has 1 heterocycles. The Kier molecular flexibility index (Phi) is 5.13. The van der Waals surface area contributed by atoms with Gasteiger partial charge in [0.15, 0.2) is 0 Å². The lowest BCUT2D eigenvalue weighted by Crippen LogP contribution is -2.43. The van der Waals surface area contributed by atoms with Gasteiger partial charge in [-0.05, 0) is 36.3 Å². The van der Waals surface area contributed by atoms with Gasteiger partial charge in [0.25, 0.3) is 0 Å². The number of esters is 1. The van der Waals surface area contributed by atoms with Crippen LogP contribution in [0.15, 0.2) is 59.1 Å². The molecule has 1 fully saturated rings. The zero-order chi connectivity index (χ0) is 16.1. The van der Waals surface area contributed by atoms with Crippen LogP contribution < -0.4 is 5.32 Å². The maximum atomic E-state index is 12.5. The largest absolute Gasteiger partial charge is 0.454 e. The fourth-order valence-corrected chi connectivity index (χ4v) is 3.54. The second kappa shape index (κ2) is 7.28. The maximum absolute atomic E-state index is 12.5. The fraction of sp³-hybridized carbons (Fsp3) is 0.316. The molecule has 120 valence electrons. The average molecular weight is 374 g/mol. The van der Waals surface area contributed by atoms with Gasteiger partial charge in [0.05, 0.1) is 6.42 Å². The highest BCUT2D eigenvalue weighted by atomic mass is 79.9. The molecule has 0 unspecified atom stereocenters. The van der Waals surface area contributed by atoms with E-state index >= 15 is 0 Å². The first-order valence-corrected chi connectivity index (χ1v) is 8.70. The minimum Gasteiger partial charge on any atom is -0.454 e. The predicted octanol–water partition coefficient (Wildman–Crippen LogP) is 3.81. The van der Waals surface area contributed by atoms with Crippen LogP contribution in [-0.2, 0) is 21.6 Å². The number of ether oxygens (including phenoxy) is 1. The van der Waals surface area contributed by atoms with Crippen LogP contribution in [0.3, 0.4) is 0 Å². The summed E-state index contributed by atoms with van der Waals surface area (Å²) in [4.78, 5) is 12.5. The zero-order valence-corrected chi connectivity index (χ0v) is 14.5. The summed E-state index contributed by atoms with van der Waals surface area (Å²) in [5, 5.41) is 3.34. The van der Waals surface area contributed by atoms with Crippen LogP contribution in [0.25, 0.3) is 0 Å². The SMILES string of the molecule is O=C(Cc1cccc(Br)c1)OC1(c2ccccc2)CCNCC1. The highest BCUT2D eigenvalue weighted by Crippen LogP contribution is 2.35. The Labute approximate surface area is 145 Å². The van der Waals surface area contributed by atoms with Crippen molar-refractivity contribution in [2.75, 3.05) is 13.1 Å². The highest BCUT2D eigenvalue weighted by Gasteiger charge is 2.37. The molecule has 4 heteroatoms. The Hall–Kier alpha value is -1.65. The lowest BCUT2D eigenvalue weighted by Gasteiger charge is -2.37. The number of hydrogen-bond acceptors (Lipinski definition) is 3. The second-order valence-corrected chi connectivity index (χ2v) is 6.81. The van der Waals surface area contributed by atoms with Crippen molar-refractivity contribution in [1.82, 2.24) is 5.32 Å². The van der Waals surface area contributed by atoms with Gasteiger partial charge in [-0.2, -0.15) is 0 Å². The molecule has 1 aliphatic rings. The van der Waals surface area contributed by atoms with E-state index in [2.05, 4.69) is 33.4 Å². The van der Waals surface area contributed by atoms with Crippen molar-refractivity contribution in [3.63, 3.8) is 0 Å². The minimum atomic E-state index is -0.504. The van der Waals surface area contributed by atoms with E-state index in [0.717, 1.165) is 41.5 Å². The number of nitrogens with one attached hydrogen (secondary N) is 1. The lowest BCUT2D eigenvalue weighted by molar-refractivity contribution is -0.163. The monoisotopic (exact) mass is 373 g/mol. The van der Waals surface area contributed by atoms with Crippen LogP contribution in [-0.4, -0.2) is 19.1 Å². The fourth-order valence-electron chi connectivity index (χ4n) is 3.09. The van der Waals surface area contributed by atoms with Crippen molar-refractivity contribution in [3.8, 4) is 0 Å². The van der Waals surface area contributed by atoms with Crippen LogP contribution in [0.1, 0.15) is 24.0 Å². The summed E-state index contributed by atoms with van der Waals surface area (Å²) < 4.78 is 6.99. The van der Waals surface area contributed by atoms with Crippen molar-refractivity contribution < 1.29 is 9.53 Å². The van der Waals surface area contributed by atoms with E-state index in [0.29, 0.717) is 6.42 Å². The van der Waals surface area contributed by atoms with Crippen LogP contribution in [0.4, 0.5) is 0 Å². The number of rotatable bonds is 4. The van der Waals surface area contributed by atoms with Crippen LogP contribution in [0.2, 0.25) is 0 Å². The molecule has 0 atom stereocenters. The van der Waals surface area contributed by atoms with Gasteiger partial charge in [-0.1, -0.05) is 58.4 Å². The van der Waals surface area contributed by atoms with Crippen molar-refractivity contribution in [1.29, 1.82) is 0 Å². The van der Waals surface area contributed by atoms with Crippen LogP contribution >= 0.6 is 15.9 Å². The molecule has 3 nitrogen and oxygen atoms in total. The minimum absolute atomic E-state index is 0.172. The summed E-state index contributed by atoms with van der Waals surface area (Å²) in [6, 6.07) is 17.9. The molecule has 0 aliphatic carbocycles. The van der Waals surface area contributed by atoms with Crippen LogP contribution in [0.5, 0.6) is 0 Å². The first kappa shape index (κ1) is 16.2. The number of hydrogen-bond donors (Lipinski definition) is 1. The van der Waals surface area contributed by atoms with Gasteiger partial charge in [0.1, 0.15) is 5.60 Å². The molecule has 1 N–H and O–H groups in total. The van der Waals surface area contributed by atoms with E-state index < -0.39 is 5.60 Å². The van der Waals surface area contributed by atoms with Crippen LogP contribution in [0, 0.1) is 0 Å². The first-order chi connectivity index (χ1) is 11.2. The van der Waals surface area contributed by atoms with Gasteiger partial charge < -0.3 is 10.1 Å². The maximum Gasteiger partial charge on any atom is 0.311 e. The summed E-state index contributed by atoms with van der Waals surface area (Å²) in [6.07, 6.45) is 1.91. The van der Waals surface area contributed by atoms with Crippen molar-refractivity contribution in [3.05, 3.63) is 70.2 Å². The van der Waals surface area contributed by atoms with Gasteiger partial charge in [0.2, 0.25) is 0 Å². The lowest BCUT2D eigenvalue weighted by atomic mass is 9.84. The molecule has 1 saturated heterocycles. The molecular formula is C19H20BrNO2. The Morgan fingerprint density at radius 3 is 2.52 bits per heavy atom. The molecule has 2 aromatic carbocycles. The third-order valence-corrected chi connectivity index (χ3v) is 4.75. The third-order valence-electron chi connectivity index (χ3n) is 4.26. The highest BCUT2D eigenvalue weighted by molar-refractivity contribution is 9.10. The van der Waals surface area contributed by atoms with Crippen molar-refractivity contribution >= 4 is 21.9 Å². The normalized spacial score (nSPS) is 16.7. The van der Waals surface area contributed by atoms with E-state index in [9.17, 15) is 4.79 Å². The molecule has 0 bridgehead atoms. The summed E-state index contributed by atoms with van der Waals surface area (Å²) in [5.74, 6) is -0.172. The molecule has 0 radical (unpaired) electrons. The molecule has 0 saturated carbocycles. The molecule has 3 rings (SSSR count). The zero-order valence-electron chi connectivity index (χ0n) is 12.9. The first-order valence-electron chi connectivity index (χ1n) is 7.90. The molecule has 23 heavy (non-hydrogen) atoms. The summed E-state index contributed by atoms with van der Waals surface area (Å²) in [5.41, 5.74) is 1.54. The van der Waals surface area contributed by atoms with E-state index in [1.165, 1.54) is 0 Å². The quantitative estimate of drug-likeness (QED) is 0.828. The third kappa shape index (κ3) is 4.01. The average Bonchev–Trinajstić information content (AvgIpc) is 2.56. The molecular weight excluding hydrogens is 354 g/mol. The molecule has 0 spiro atoms. The predicted molar refractivity (Wildman–Crippen MR) is 94.2 cm³/mol. The number of carbonyl (C=O) groups excluding carboxylic acids is 1. The Bertz CT molecular complexity index is 666. The number of carbonyl (C=O) groups is 1. The van der Waals surface area contributed by atoms with E-state index in [-0.39, 0.29) is 5.97 Å². The topological polar surface area (TPSA) is 38.3 Å². The van der Waals surface area contributed by atoms with Crippen molar-refractivity contribution in [2.24, 2.45) is 0 Å². The Morgan fingerprint density at radius 2 is 1.83 bits per heavy atom. The van der Waals surface area contributed by atoms with Gasteiger partial charge in [-0.25, -0.2) is 0 Å². The number of benzene rings is 2. The standard InChI is InChI=1S/C19H20BrNO2/c20-17-8-4-5-15(13-17)14-18(22)23-19(9-11-21-12-10-19)16-6-2-1-3-7-16/h1-8,13,21H,9-12,14H2. The van der Waals surface area contributed by atoms with Gasteiger partial charge in [0, 0.05) is 17.3 Å². The van der Waals surface area contributed by atoms with E-state index in [1.54, 1.807) is 0 Å². The van der Waals surface area contributed by atoms with E-state index in [1.807, 2.05) is 42.5 Å². The van der Waals surface area contributed by atoms with Gasteiger partial charge >= 0.3 is 5.97 Å². The summed E-state index contributed by atoms with van der Waals surface area (Å²) >= 11 is 3.44. The smallest absolute Gasteiger partial charge is 0.311 e. The van der Waals surface area contributed by atoms with Gasteiger partial charge in [-0.3, -0.25) is 4.79 Å². The Morgan fingerprint density at radius 1 is 1.09 bits per heavy atom.